The lowest BCUT2D eigenvalue weighted by atomic mass is 10.3. The maximum Gasteiger partial charge on any atom is 0.111 e. The van der Waals surface area contributed by atoms with Crippen molar-refractivity contribution in [2.75, 3.05) is 19.5 Å². The highest BCUT2D eigenvalue weighted by Crippen LogP contribution is 2.26. The molecule has 1 fully saturated rings. The Morgan fingerprint density at radius 3 is 2.95 bits per heavy atom. The van der Waals surface area contributed by atoms with E-state index in [2.05, 4.69) is 50.6 Å². The van der Waals surface area contributed by atoms with Gasteiger partial charge in [-0.3, -0.25) is 0 Å². The number of nitrogens with zero attached hydrogens (tertiary/aromatic N) is 3. The van der Waals surface area contributed by atoms with Crippen molar-refractivity contribution >= 4 is 38.6 Å². The van der Waals surface area contributed by atoms with Gasteiger partial charge in [0.15, 0.2) is 0 Å². The predicted molar refractivity (Wildman–Crippen MR) is 87.5 cm³/mol. The van der Waals surface area contributed by atoms with Crippen LogP contribution in [0.15, 0.2) is 22.7 Å². The first-order valence-electron chi connectivity index (χ1n) is 7.10. The topological polar surface area (TPSA) is 21.1 Å². The Morgan fingerprint density at radius 1 is 1.45 bits per heavy atom. The third-order valence-electron chi connectivity index (χ3n) is 3.95. The first-order valence-corrected chi connectivity index (χ1v) is 8.42. The summed E-state index contributed by atoms with van der Waals surface area (Å²) in [5, 5.41) is 0. The van der Waals surface area contributed by atoms with E-state index in [4.69, 9.17) is 16.6 Å². The number of aryl methyl sites for hydroxylation is 1. The summed E-state index contributed by atoms with van der Waals surface area (Å²) in [5.41, 5.74) is 2.26. The van der Waals surface area contributed by atoms with E-state index < -0.39 is 0 Å². The van der Waals surface area contributed by atoms with E-state index in [1.165, 1.54) is 18.4 Å². The molecule has 1 aliphatic rings. The number of fused-ring (bicyclic) bond motifs is 1. The summed E-state index contributed by atoms with van der Waals surface area (Å²) < 4.78 is 3.39. The molecule has 0 spiro atoms. The number of imidazole rings is 1. The number of hydrogen-bond donors (Lipinski definition) is 0. The molecular weight excluding hydrogens is 338 g/mol. The molecule has 0 atom stereocenters. The van der Waals surface area contributed by atoms with Gasteiger partial charge >= 0.3 is 0 Å². The third kappa shape index (κ3) is 3.02. The van der Waals surface area contributed by atoms with Crippen LogP contribution < -0.4 is 0 Å². The van der Waals surface area contributed by atoms with Gasteiger partial charge < -0.3 is 9.47 Å². The second-order valence-electron chi connectivity index (χ2n) is 5.46. The fourth-order valence-corrected chi connectivity index (χ4v) is 3.15. The summed E-state index contributed by atoms with van der Waals surface area (Å²) in [4.78, 5) is 7.19. The maximum atomic E-state index is 5.92. The van der Waals surface area contributed by atoms with Gasteiger partial charge in [0.05, 0.1) is 11.0 Å². The average Bonchev–Trinajstić information content (AvgIpc) is 3.20. The maximum absolute atomic E-state index is 5.92. The number of hydrogen-bond acceptors (Lipinski definition) is 2. The number of aromatic nitrogens is 2. The lowest BCUT2D eigenvalue weighted by Gasteiger charge is -2.17. The van der Waals surface area contributed by atoms with Gasteiger partial charge in [0, 0.05) is 35.9 Å². The summed E-state index contributed by atoms with van der Waals surface area (Å²) in [6, 6.07) is 7.10. The largest absolute Gasteiger partial charge is 0.327 e. The number of likely N-dealkylation sites (N-methyl/N-ethyl adjacent to an activating group) is 1. The van der Waals surface area contributed by atoms with Crippen LogP contribution in [-0.4, -0.2) is 40.0 Å². The summed E-state index contributed by atoms with van der Waals surface area (Å²) in [7, 11) is 2.22. The van der Waals surface area contributed by atoms with Crippen molar-refractivity contribution in [2.24, 2.45) is 0 Å². The van der Waals surface area contributed by atoms with Crippen LogP contribution >= 0.6 is 27.5 Å². The van der Waals surface area contributed by atoms with Crippen molar-refractivity contribution in [3.8, 4) is 0 Å². The number of halogens is 2. The molecule has 5 heteroatoms. The Balaban J connectivity index is 1.87. The monoisotopic (exact) mass is 355 g/mol. The zero-order chi connectivity index (χ0) is 14.1. The molecule has 0 unspecified atom stereocenters. The van der Waals surface area contributed by atoms with Gasteiger partial charge in [-0.05, 0) is 38.1 Å². The highest BCUT2D eigenvalue weighted by molar-refractivity contribution is 9.10. The minimum atomic E-state index is 0.614. The van der Waals surface area contributed by atoms with Crippen molar-refractivity contribution in [3.05, 3.63) is 28.5 Å². The van der Waals surface area contributed by atoms with Crippen molar-refractivity contribution in [1.82, 2.24) is 14.5 Å². The molecule has 0 radical (unpaired) electrons. The second kappa shape index (κ2) is 6.04. The average molecular weight is 357 g/mol. The van der Waals surface area contributed by atoms with Gasteiger partial charge in [0.1, 0.15) is 5.82 Å². The number of benzene rings is 1. The number of rotatable bonds is 6. The first kappa shape index (κ1) is 14.4. The normalized spacial score (nSPS) is 15.4. The molecule has 1 aromatic heterocycles. The van der Waals surface area contributed by atoms with Crippen LogP contribution in [0.1, 0.15) is 18.7 Å². The molecule has 1 aromatic carbocycles. The van der Waals surface area contributed by atoms with Crippen LogP contribution in [-0.2, 0) is 13.0 Å². The van der Waals surface area contributed by atoms with Gasteiger partial charge in [0.25, 0.3) is 0 Å². The van der Waals surface area contributed by atoms with Crippen LogP contribution in [0, 0.1) is 0 Å². The van der Waals surface area contributed by atoms with Crippen LogP contribution in [0.25, 0.3) is 11.0 Å². The standard InChI is InChI=1S/C15H19BrClN3/c1-19(12-3-4-12)8-9-20-14-5-2-11(16)10-13(14)18-15(20)6-7-17/h2,5,10,12H,3-4,6-9H2,1H3. The van der Waals surface area contributed by atoms with E-state index in [0.717, 1.165) is 41.4 Å². The van der Waals surface area contributed by atoms with Crippen molar-refractivity contribution in [1.29, 1.82) is 0 Å². The molecule has 2 aromatic rings. The molecular formula is C15H19BrClN3. The lowest BCUT2D eigenvalue weighted by molar-refractivity contribution is 0.309. The van der Waals surface area contributed by atoms with Gasteiger partial charge in [-0.15, -0.1) is 11.6 Å². The highest BCUT2D eigenvalue weighted by Gasteiger charge is 2.25. The Labute approximate surface area is 133 Å². The molecule has 3 rings (SSSR count). The zero-order valence-electron chi connectivity index (χ0n) is 11.6. The smallest absolute Gasteiger partial charge is 0.111 e. The van der Waals surface area contributed by atoms with Crippen LogP contribution in [0.4, 0.5) is 0 Å². The Bertz CT molecular complexity index is 606. The fourth-order valence-electron chi connectivity index (χ4n) is 2.63. The van der Waals surface area contributed by atoms with E-state index >= 15 is 0 Å². The zero-order valence-corrected chi connectivity index (χ0v) is 14.0. The van der Waals surface area contributed by atoms with Crippen molar-refractivity contribution < 1.29 is 0 Å². The predicted octanol–water partition coefficient (Wildman–Crippen LogP) is 3.67. The summed E-state index contributed by atoms with van der Waals surface area (Å²) in [6.07, 6.45) is 3.52. The first-order chi connectivity index (χ1) is 9.69. The molecule has 1 heterocycles. The van der Waals surface area contributed by atoms with Crippen LogP contribution in [0.5, 0.6) is 0 Å². The fraction of sp³-hybridized carbons (Fsp3) is 0.533. The molecule has 1 saturated carbocycles. The van der Waals surface area contributed by atoms with E-state index in [9.17, 15) is 0 Å². The minimum Gasteiger partial charge on any atom is -0.327 e. The molecule has 3 nitrogen and oxygen atoms in total. The van der Waals surface area contributed by atoms with E-state index in [1.54, 1.807) is 0 Å². The summed E-state index contributed by atoms with van der Waals surface area (Å²) in [6.45, 7) is 2.05. The Hall–Kier alpha value is -0.580. The van der Waals surface area contributed by atoms with E-state index in [-0.39, 0.29) is 0 Å². The van der Waals surface area contributed by atoms with E-state index in [0.29, 0.717) is 5.88 Å². The molecule has 0 aliphatic heterocycles. The molecule has 0 amide bonds. The van der Waals surface area contributed by atoms with Gasteiger partial charge in [-0.1, -0.05) is 15.9 Å². The van der Waals surface area contributed by atoms with Crippen LogP contribution in [0.2, 0.25) is 0 Å². The van der Waals surface area contributed by atoms with Crippen LogP contribution in [0.3, 0.4) is 0 Å². The highest BCUT2D eigenvalue weighted by atomic mass is 79.9. The molecule has 0 bridgehead atoms. The molecule has 0 saturated heterocycles. The SMILES string of the molecule is CN(CCn1c(CCCl)nc2cc(Br)ccc21)C1CC1. The molecule has 1 aliphatic carbocycles. The quantitative estimate of drug-likeness (QED) is 0.736. The van der Waals surface area contributed by atoms with Gasteiger partial charge in [-0.2, -0.15) is 0 Å². The molecule has 0 N–H and O–H groups in total. The molecule has 20 heavy (non-hydrogen) atoms. The van der Waals surface area contributed by atoms with Crippen molar-refractivity contribution in [3.63, 3.8) is 0 Å². The minimum absolute atomic E-state index is 0.614. The summed E-state index contributed by atoms with van der Waals surface area (Å²) >= 11 is 9.43. The van der Waals surface area contributed by atoms with Crippen molar-refractivity contribution in [2.45, 2.75) is 31.8 Å². The van der Waals surface area contributed by atoms with Gasteiger partial charge in [-0.25, -0.2) is 4.98 Å². The molecule has 108 valence electrons. The Kier molecular flexibility index (Phi) is 4.34. The Morgan fingerprint density at radius 2 is 2.25 bits per heavy atom. The third-order valence-corrected chi connectivity index (χ3v) is 4.64. The summed E-state index contributed by atoms with van der Waals surface area (Å²) in [5.74, 6) is 1.71. The number of alkyl halides is 1. The van der Waals surface area contributed by atoms with E-state index in [1.807, 2.05) is 0 Å². The van der Waals surface area contributed by atoms with Gasteiger partial charge in [0.2, 0.25) is 0 Å². The second-order valence-corrected chi connectivity index (χ2v) is 6.76. The lowest BCUT2D eigenvalue weighted by Crippen LogP contribution is -2.25.